The summed E-state index contributed by atoms with van der Waals surface area (Å²) in [5.74, 6) is 1.01. The Labute approximate surface area is 239 Å². The molecule has 2 heterocycles. The number of carbonyl (C=O) groups excluding carboxylic acids is 1. The second kappa shape index (κ2) is 10.9. The maximum Gasteiger partial charge on any atom is 0.240 e. The molecule has 10 heteroatoms. The van der Waals surface area contributed by atoms with Crippen molar-refractivity contribution in [1.82, 2.24) is 14.7 Å². The molecule has 1 aliphatic carbocycles. The zero-order chi connectivity index (χ0) is 28.5. The Hall–Kier alpha value is -4.28. The summed E-state index contributed by atoms with van der Waals surface area (Å²) in [6, 6.07) is 22.6. The fourth-order valence-corrected chi connectivity index (χ4v) is 6.21. The van der Waals surface area contributed by atoms with Crippen LogP contribution >= 0.6 is 0 Å². The van der Waals surface area contributed by atoms with E-state index in [1.54, 1.807) is 30.5 Å². The molecule has 41 heavy (non-hydrogen) atoms. The van der Waals surface area contributed by atoms with Crippen molar-refractivity contribution in [2.24, 2.45) is 0 Å². The fraction of sp³-hybridized carbons (Fsp3) is 0.258. The minimum absolute atomic E-state index is 0.0247. The minimum Gasteiger partial charge on any atom is -0.369 e. The van der Waals surface area contributed by atoms with Gasteiger partial charge in [-0.2, -0.15) is 4.98 Å². The zero-order valence-corrected chi connectivity index (χ0v) is 23.6. The number of sulfonamides is 1. The van der Waals surface area contributed by atoms with Gasteiger partial charge in [0.05, 0.1) is 10.3 Å². The Morgan fingerprint density at radius 3 is 2.59 bits per heavy atom. The van der Waals surface area contributed by atoms with Crippen LogP contribution in [0.25, 0.3) is 11.1 Å². The monoisotopic (exact) mass is 568 g/mol. The van der Waals surface area contributed by atoms with Crippen molar-refractivity contribution in [3.8, 4) is 11.1 Å². The number of hydrogen-bond donors (Lipinski definition) is 4. The number of anilines is 4. The highest BCUT2D eigenvalue weighted by molar-refractivity contribution is 7.89. The summed E-state index contributed by atoms with van der Waals surface area (Å²) in [6.07, 6.45) is 4.95. The molecule has 210 valence electrons. The van der Waals surface area contributed by atoms with Crippen LogP contribution in [0.15, 0.2) is 83.9 Å². The van der Waals surface area contributed by atoms with Crippen molar-refractivity contribution in [1.29, 1.82) is 0 Å². The molecule has 1 saturated carbocycles. The minimum atomic E-state index is -3.61. The average Bonchev–Trinajstić information content (AvgIpc) is 3.80. The van der Waals surface area contributed by atoms with Gasteiger partial charge in [0.1, 0.15) is 5.82 Å². The van der Waals surface area contributed by atoms with Gasteiger partial charge in [-0.15, -0.1) is 0 Å². The number of nitrogens with zero attached hydrogens (tertiary/aromatic N) is 2. The third-order valence-electron chi connectivity index (χ3n) is 7.65. The van der Waals surface area contributed by atoms with Gasteiger partial charge < -0.3 is 16.0 Å². The van der Waals surface area contributed by atoms with E-state index in [4.69, 9.17) is 0 Å². The molecule has 1 amide bonds. The Kier molecular flexibility index (Phi) is 7.19. The molecule has 6 rings (SSSR count). The molecule has 9 nitrogen and oxygen atoms in total. The van der Waals surface area contributed by atoms with E-state index < -0.39 is 15.4 Å². The number of fused-ring (bicyclic) bond motifs is 4. The summed E-state index contributed by atoms with van der Waals surface area (Å²) in [4.78, 5) is 22.7. The molecule has 0 spiro atoms. The maximum atomic E-state index is 13.3. The molecule has 1 aliphatic heterocycles. The number of benzene rings is 3. The van der Waals surface area contributed by atoms with Gasteiger partial charge in [-0.05, 0) is 72.7 Å². The number of nitrogens with one attached hydrogen (secondary N) is 4. The van der Waals surface area contributed by atoms with Gasteiger partial charge >= 0.3 is 0 Å². The van der Waals surface area contributed by atoms with Crippen molar-refractivity contribution in [3.63, 3.8) is 0 Å². The lowest BCUT2D eigenvalue weighted by Crippen LogP contribution is -2.27. The third kappa shape index (κ3) is 5.66. The number of rotatable bonds is 5. The molecule has 3 aromatic carbocycles. The summed E-state index contributed by atoms with van der Waals surface area (Å²) in [5.41, 5.74) is 4.86. The number of aryl methyl sites for hydroxylation is 1. The number of hydrogen-bond acceptors (Lipinski definition) is 7. The normalized spacial score (nSPS) is 17.0. The predicted molar refractivity (Wildman–Crippen MR) is 161 cm³/mol. The van der Waals surface area contributed by atoms with Gasteiger partial charge in [0.2, 0.25) is 21.9 Å². The molecule has 4 aromatic rings. The van der Waals surface area contributed by atoms with E-state index in [9.17, 15) is 13.2 Å². The Bertz CT molecular complexity index is 1700. The molecule has 0 saturated heterocycles. The van der Waals surface area contributed by atoms with Gasteiger partial charge in [0.15, 0.2) is 0 Å². The second-order valence-corrected chi connectivity index (χ2v) is 12.2. The second-order valence-electron chi connectivity index (χ2n) is 10.5. The number of amides is 1. The fourth-order valence-electron chi connectivity index (χ4n) is 5.09. The van der Waals surface area contributed by atoms with Crippen LogP contribution in [0.3, 0.4) is 0 Å². The lowest BCUT2D eigenvalue weighted by atomic mass is 9.93. The van der Waals surface area contributed by atoms with Crippen molar-refractivity contribution in [3.05, 3.63) is 90.1 Å². The van der Waals surface area contributed by atoms with Crippen LogP contribution in [0, 0.1) is 0 Å². The van der Waals surface area contributed by atoms with Crippen LogP contribution < -0.4 is 20.7 Å². The van der Waals surface area contributed by atoms with E-state index in [1.807, 2.05) is 30.3 Å². The van der Waals surface area contributed by atoms with Crippen LogP contribution in [-0.2, 0) is 26.7 Å². The van der Waals surface area contributed by atoms with Crippen molar-refractivity contribution in [2.45, 2.75) is 42.9 Å². The van der Waals surface area contributed by atoms with E-state index in [2.05, 4.69) is 55.8 Å². The highest BCUT2D eigenvalue weighted by Crippen LogP contribution is 2.49. The zero-order valence-electron chi connectivity index (χ0n) is 22.8. The van der Waals surface area contributed by atoms with Crippen LogP contribution in [0.1, 0.15) is 37.3 Å². The standard InChI is InChI=1S/C31H32N6O3S/c1-2-21-6-3-7-23(18-21)31(14-15-31)29(38)35-24-12-10-22(11-13-24)27-20-33-30-36-25-8-4-9-26(19-25)41(39,40)34-17-5-16-32-28(27)37-30/h3-4,6-13,18-20,34H,2,5,14-17H2,1H3,(H,35,38)(H2,32,33,36,37). The Morgan fingerprint density at radius 2 is 1.80 bits per heavy atom. The lowest BCUT2D eigenvalue weighted by Gasteiger charge is -2.17. The van der Waals surface area contributed by atoms with Crippen LogP contribution in [-0.4, -0.2) is 37.4 Å². The summed E-state index contributed by atoms with van der Waals surface area (Å²) in [7, 11) is -3.61. The number of aromatic nitrogens is 2. The average molecular weight is 569 g/mol. The molecule has 0 unspecified atom stereocenters. The van der Waals surface area contributed by atoms with E-state index in [0.717, 1.165) is 41.6 Å². The molecular formula is C31H32N6O3S. The van der Waals surface area contributed by atoms with E-state index >= 15 is 0 Å². The smallest absolute Gasteiger partial charge is 0.240 e. The van der Waals surface area contributed by atoms with Crippen LogP contribution in [0.2, 0.25) is 0 Å². The van der Waals surface area contributed by atoms with Gasteiger partial charge in [-0.3, -0.25) is 4.79 Å². The van der Waals surface area contributed by atoms with Gasteiger partial charge in [0.25, 0.3) is 0 Å². The topological polar surface area (TPSA) is 125 Å². The van der Waals surface area contributed by atoms with Gasteiger partial charge in [-0.25, -0.2) is 18.1 Å². The number of carbonyl (C=O) groups is 1. The summed E-state index contributed by atoms with van der Waals surface area (Å²) in [6.45, 7) is 2.93. The molecule has 2 aliphatic rings. The summed E-state index contributed by atoms with van der Waals surface area (Å²) in [5, 5.41) is 9.56. The summed E-state index contributed by atoms with van der Waals surface area (Å²) >= 11 is 0. The van der Waals surface area contributed by atoms with E-state index in [-0.39, 0.29) is 10.8 Å². The van der Waals surface area contributed by atoms with Gasteiger partial charge in [0, 0.05) is 36.2 Å². The first-order valence-corrected chi connectivity index (χ1v) is 15.3. The maximum absolute atomic E-state index is 13.3. The SMILES string of the molecule is CCc1cccc(C2(C(=O)Nc3ccc(-c4cnc5nc4NCCCNS(=O)(=O)c4cccc(c4)N5)cc3)CC2)c1. The summed E-state index contributed by atoms with van der Waals surface area (Å²) < 4.78 is 27.9. The molecule has 4 N–H and O–H groups in total. The Morgan fingerprint density at radius 1 is 1.00 bits per heavy atom. The first-order valence-electron chi connectivity index (χ1n) is 13.9. The third-order valence-corrected chi connectivity index (χ3v) is 9.11. The first kappa shape index (κ1) is 26.9. The molecule has 1 fully saturated rings. The van der Waals surface area contributed by atoms with Crippen molar-refractivity contribution < 1.29 is 13.2 Å². The first-order chi connectivity index (χ1) is 19.9. The molecular weight excluding hydrogens is 536 g/mol. The predicted octanol–water partition coefficient (Wildman–Crippen LogP) is 5.21. The Balaban J connectivity index is 1.22. The lowest BCUT2D eigenvalue weighted by molar-refractivity contribution is -0.118. The van der Waals surface area contributed by atoms with Crippen molar-refractivity contribution >= 4 is 39.1 Å². The highest BCUT2D eigenvalue weighted by Gasteiger charge is 2.51. The molecule has 0 atom stereocenters. The van der Waals surface area contributed by atoms with Crippen LogP contribution in [0.4, 0.5) is 23.1 Å². The van der Waals surface area contributed by atoms with Crippen LogP contribution in [0.5, 0.6) is 0 Å². The quantitative estimate of drug-likeness (QED) is 0.260. The van der Waals surface area contributed by atoms with E-state index in [1.165, 1.54) is 5.56 Å². The van der Waals surface area contributed by atoms with Gasteiger partial charge in [-0.1, -0.05) is 49.4 Å². The largest absolute Gasteiger partial charge is 0.369 e. The van der Waals surface area contributed by atoms with E-state index in [0.29, 0.717) is 37.0 Å². The molecule has 1 aromatic heterocycles. The molecule has 0 radical (unpaired) electrons. The van der Waals surface area contributed by atoms with Crippen molar-refractivity contribution in [2.75, 3.05) is 29.0 Å². The molecule has 4 bridgehead atoms. The highest BCUT2D eigenvalue weighted by atomic mass is 32.2.